The van der Waals surface area contributed by atoms with Gasteiger partial charge in [-0.3, -0.25) is 11.3 Å². The van der Waals surface area contributed by atoms with Crippen molar-refractivity contribution in [3.8, 4) is 0 Å². The van der Waals surface area contributed by atoms with Crippen LogP contribution >= 0.6 is 0 Å². The highest BCUT2D eigenvalue weighted by Crippen LogP contribution is 2.29. The van der Waals surface area contributed by atoms with Crippen LogP contribution in [-0.4, -0.2) is 19.3 Å². The number of nitrogens with two attached hydrogens (primary N) is 1. The molecule has 3 N–H and O–H groups in total. The average Bonchev–Trinajstić information content (AvgIpc) is 2.53. The zero-order chi connectivity index (χ0) is 12.0. The Morgan fingerprint density at radius 3 is 2.06 bits per heavy atom. The second kappa shape index (κ2) is 7.25. The molecule has 0 amide bonds. The molecule has 0 aromatic carbocycles. The molecule has 3 heteroatoms. The van der Waals surface area contributed by atoms with Gasteiger partial charge in [-0.25, -0.2) is 0 Å². The molecule has 0 aromatic rings. The molecule has 0 saturated heterocycles. The highest BCUT2D eigenvalue weighted by molar-refractivity contribution is 4.85. The van der Waals surface area contributed by atoms with Gasteiger partial charge in [-0.1, -0.05) is 39.5 Å². The Kier molecular flexibility index (Phi) is 6.32. The van der Waals surface area contributed by atoms with Gasteiger partial charge in [-0.05, 0) is 24.7 Å². The summed E-state index contributed by atoms with van der Waals surface area (Å²) in [5.74, 6) is 6.93. The summed E-state index contributed by atoms with van der Waals surface area (Å²) in [5, 5.41) is 0. The van der Waals surface area contributed by atoms with Gasteiger partial charge in [0.05, 0.1) is 12.1 Å². The Hall–Kier alpha value is -0.120. The number of hydrogen-bond donors (Lipinski definition) is 2. The predicted octanol–water partition coefficient (Wildman–Crippen LogP) is 2.46. The third kappa shape index (κ3) is 3.72. The number of hydrogen-bond acceptors (Lipinski definition) is 3. The van der Waals surface area contributed by atoms with E-state index in [4.69, 9.17) is 10.6 Å². The highest BCUT2D eigenvalue weighted by Gasteiger charge is 2.30. The summed E-state index contributed by atoms with van der Waals surface area (Å²) in [6, 6.07) is 0.308. The third-order valence-electron chi connectivity index (χ3n) is 3.88. The second-order valence-corrected chi connectivity index (χ2v) is 5.39. The summed E-state index contributed by atoms with van der Waals surface area (Å²) in [6.45, 7) is 4.41. The van der Waals surface area contributed by atoms with Crippen LogP contribution in [0.4, 0.5) is 0 Å². The number of rotatable bonds is 5. The van der Waals surface area contributed by atoms with Crippen LogP contribution in [0.2, 0.25) is 0 Å². The lowest BCUT2D eigenvalue weighted by Gasteiger charge is -2.34. The Morgan fingerprint density at radius 1 is 1.12 bits per heavy atom. The van der Waals surface area contributed by atoms with Crippen molar-refractivity contribution in [1.82, 2.24) is 5.43 Å². The lowest BCUT2D eigenvalue weighted by molar-refractivity contribution is 0.0120. The number of ether oxygens (including phenoxy) is 1. The van der Waals surface area contributed by atoms with Crippen molar-refractivity contribution in [3.05, 3.63) is 0 Å². The molecule has 1 aliphatic rings. The maximum Gasteiger partial charge on any atom is 0.0763 e. The molecular formula is C13H28N2O. The maximum absolute atomic E-state index is 5.74. The van der Waals surface area contributed by atoms with Crippen molar-refractivity contribution in [2.75, 3.05) is 7.11 Å². The van der Waals surface area contributed by atoms with Crippen LogP contribution < -0.4 is 11.3 Å². The van der Waals surface area contributed by atoms with Gasteiger partial charge in [0.15, 0.2) is 0 Å². The molecule has 1 rings (SSSR count). The van der Waals surface area contributed by atoms with Crippen LogP contribution in [0.3, 0.4) is 0 Å². The van der Waals surface area contributed by atoms with Crippen LogP contribution in [0.25, 0.3) is 0 Å². The molecule has 3 nitrogen and oxygen atoms in total. The van der Waals surface area contributed by atoms with Crippen LogP contribution in [0, 0.1) is 11.8 Å². The standard InChI is InChI=1S/C13H28N2O/c1-10(2)13(16-3)12(15-14)11-8-6-4-5-7-9-11/h10-13,15H,4-9,14H2,1-3H3. The molecule has 16 heavy (non-hydrogen) atoms. The van der Waals surface area contributed by atoms with E-state index >= 15 is 0 Å². The minimum Gasteiger partial charge on any atom is -0.380 e. The lowest BCUT2D eigenvalue weighted by Crippen LogP contribution is -2.51. The first-order valence-electron chi connectivity index (χ1n) is 6.69. The van der Waals surface area contributed by atoms with E-state index < -0.39 is 0 Å². The topological polar surface area (TPSA) is 47.3 Å². The minimum atomic E-state index is 0.230. The molecule has 0 heterocycles. The van der Waals surface area contributed by atoms with Crippen molar-refractivity contribution in [3.63, 3.8) is 0 Å². The lowest BCUT2D eigenvalue weighted by atomic mass is 9.85. The van der Waals surface area contributed by atoms with E-state index in [1.807, 2.05) is 0 Å². The highest BCUT2D eigenvalue weighted by atomic mass is 16.5. The van der Waals surface area contributed by atoms with Gasteiger partial charge in [0.1, 0.15) is 0 Å². The van der Waals surface area contributed by atoms with Crippen LogP contribution in [0.1, 0.15) is 52.4 Å². The average molecular weight is 228 g/mol. The minimum absolute atomic E-state index is 0.230. The first kappa shape index (κ1) is 13.9. The van der Waals surface area contributed by atoms with E-state index in [-0.39, 0.29) is 6.10 Å². The fourth-order valence-electron chi connectivity index (χ4n) is 3.00. The fraction of sp³-hybridized carbons (Fsp3) is 1.00. The fourth-order valence-corrected chi connectivity index (χ4v) is 3.00. The monoisotopic (exact) mass is 228 g/mol. The number of nitrogens with one attached hydrogen (secondary N) is 1. The summed E-state index contributed by atoms with van der Waals surface area (Å²) < 4.78 is 5.62. The van der Waals surface area contributed by atoms with Crippen molar-refractivity contribution in [2.45, 2.75) is 64.5 Å². The first-order valence-corrected chi connectivity index (χ1v) is 6.69. The molecule has 0 aliphatic heterocycles. The molecule has 1 saturated carbocycles. The van der Waals surface area contributed by atoms with Gasteiger partial charge in [0.25, 0.3) is 0 Å². The molecule has 96 valence electrons. The van der Waals surface area contributed by atoms with Gasteiger partial charge < -0.3 is 4.74 Å². The van der Waals surface area contributed by atoms with E-state index in [1.54, 1.807) is 7.11 Å². The maximum atomic E-state index is 5.74. The Bertz CT molecular complexity index is 177. The van der Waals surface area contributed by atoms with Crippen molar-refractivity contribution >= 4 is 0 Å². The Labute approximate surface area is 100 Å². The van der Waals surface area contributed by atoms with Gasteiger partial charge in [-0.2, -0.15) is 0 Å². The molecule has 2 unspecified atom stereocenters. The third-order valence-corrected chi connectivity index (χ3v) is 3.88. The molecule has 0 aromatic heterocycles. The Balaban J connectivity index is 2.62. The van der Waals surface area contributed by atoms with Crippen molar-refractivity contribution in [1.29, 1.82) is 0 Å². The zero-order valence-electron chi connectivity index (χ0n) is 11.0. The quantitative estimate of drug-likeness (QED) is 0.432. The van der Waals surface area contributed by atoms with Crippen molar-refractivity contribution in [2.24, 2.45) is 17.7 Å². The summed E-state index contributed by atoms with van der Waals surface area (Å²) >= 11 is 0. The summed E-state index contributed by atoms with van der Waals surface area (Å²) in [4.78, 5) is 0. The second-order valence-electron chi connectivity index (χ2n) is 5.39. The molecule has 0 radical (unpaired) electrons. The largest absolute Gasteiger partial charge is 0.380 e. The molecular weight excluding hydrogens is 200 g/mol. The molecule has 1 fully saturated rings. The number of hydrazine groups is 1. The van der Waals surface area contributed by atoms with Gasteiger partial charge in [0, 0.05) is 7.11 Å². The van der Waals surface area contributed by atoms with Gasteiger partial charge >= 0.3 is 0 Å². The molecule has 0 bridgehead atoms. The van der Waals surface area contributed by atoms with Gasteiger partial charge in [0.2, 0.25) is 0 Å². The summed E-state index contributed by atoms with van der Waals surface area (Å²) in [7, 11) is 1.80. The molecule has 0 spiro atoms. The smallest absolute Gasteiger partial charge is 0.0763 e. The number of methoxy groups -OCH3 is 1. The first-order chi connectivity index (χ1) is 7.70. The van der Waals surface area contributed by atoms with Crippen LogP contribution in [0.15, 0.2) is 0 Å². The predicted molar refractivity (Wildman–Crippen MR) is 67.9 cm³/mol. The van der Waals surface area contributed by atoms with Crippen LogP contribution in [-0.2, 0) is 4.74 Å². The van der Waals surface area contributed by atoms with E-state index in [1.165, 1.54) is 38.5 Å². The summed E-state index contributed by atoms with van der Waals surface area (Å²) in [5.41, 5.74) is 3.01. The van der Waals surface area contributed by atoms with E-state index in [9.17, 15) is 0 Å². The zero-order valence-corrected chi connectivity index (χ0v) is 11.0. The molecule has 1 aliphatic carbocycles. The van der Waals surface area contributed by atoms with E-state index in [0.29, 0.717) is 17.9 Å². The van der Waals surface area contributed by atoms with Crippen molar-refractivity contribution < 1.29 is 4.74 Å². The van der Waals surface area contributed by atoms with Crippen LogP contribution in [0.5, 0.6) is 0 Å². The van der Waals surface area contributed by atoms with E-state index in [2.05, 4.69) is 19.3 Å². The Morgan fingerprint density at radius 2 is 1.69 bits per heavy atom. The molecule has 2 atom stereocenters. The SMILES string of the molecule is COC(C(C)C)C(NN)C1CCCCCC1. The summed E-state index contributed by atoms with van der Waals surface area (Å²) in [6.07, 6.45) is 8.27. The van der Waals surface area contributed by atoms with Gasteiger partial charge in [-0.15, -0.1) is 0 Å². The van der Waals surface area contributed by atoms with E-state index in [0.717, 1.165) is 0 Å². The normalized spacial score (nSPS) is 23.1.